The van der Waals surface area contributed by atoms with Gasteiger partial charge in [0.2, 0.25) is 0 Å². The average molecular weight is 1920 g/mol. The van der Waals surface area contributed by atoms with E-state index in [0.29, 0.717) is 0 Å². The van der Waals surface area contributed by atoms with E-state index in [1.807, 2.05) is 0 Å². The summed E-state index contributed by atoms with van der Waals surface area (Å²) < 4.78 is 0.989. The molecule has 2 heterocycles. The number of anilines is 12. The van der Waals surface area contributed by atoms with Crippen LogP contribution in [0.25, 0.3) is 0 Å². The second-order valence-corrected chi connectivity index (χ2v) is 43.7. The lowest BCUT2D eigenvalue weighted by Gasteiger charge is -2.45. The summed E-state index contributed by atoms with van der Waals surface area (Å²) in [4.78, 5) is 9.94. The first kappa shape index (κ1) is 99.3. The van der Waals surface area contributed by atoms with E-state index in [0.717, 1.165) is 55.5 Å². The molecule has 0 fully saturated rings. The van der Waals surface area contributed by atoms with Crippen molar-refractivity contribution in [3.8, 4) is 0 Å². The van der Waals surface area contributed by atoms with Gasteiger partial charge in [-0.05, 0) is 256 Å². The number of nitrogens with zero attached hydrogens (tertiary/aromatic N) is 4. The highest BCUT2D eigenvalue weighted by molar-refractivity contribution is 9.10. The normalized spacial score (nSPS) is 12.6. The SMILES string of the molecule is C.C.Cc1cc(N(c2ccc(C(C)(C)c3ccccc3)cc2)c2ccc(C(C)(C)c3ccccc3)cc2)c(Br)c(N(c2ccc(C(C)(C)c3ccccc3)cc2)c2ccc(C(C)(C)c3ccccc3)cc2)c1.Cc1cc2c3c(c1)N(c1ccc(C(C)(C)c4ccccc4)cc1)c1ccc(C(C)(C)c4ccccc4)cc1B3c1cc(C(C)(C)c3ccccc3)ccc1N2c1ccc(C(C)(C)c2ccccc2)cc1. The van der Waals surface area contributed by atoms with Gasteiger partial charge in [-0.1, -0.05) is 465 Å². The highest BCUT2D eigenvalue weighted by Crippen LogP contribution is 2.53. The van der Waals surface area contributed by atoms with Crippen LogP contribution in [0.5, 0.6) is 0 Å². The molecule has 0 saturated heterocycles. The summed E-state index contributed by atoms with van der Waals surface area (Å²) in [5, 5.41) is 0. The van der Waals surface area contributed by atoms with Gasteiger partial charge in [-0.2, -0.15) is 0 Å². The monoisotopic (exact) mass is 1920 g/mol. The quantitative estimate of drug-likeness (QED) is 0.0559. The van der Waals surface area contributed by atoms with Crippen molar-refractivity contribution in [3.05, 3.63) is 554 Å². The molecule has 0 bridgehead atoms. The van der Waals surface area contributed by atoms with Gasteiger partial charge in [0.05, 0.1) is 15.8 Å². The summed E-state index contributed by atoms with van der Waals surface area (Å²) in [7, 11) is 0. The predicted octanol–water partition coefficient (Wildman–Crippen LogP) is 35.7. The Morgan fingerprint density at radius 3 is 0.585 bits per heavy atom. The van der Waals surface area contributed by atoms with E-state index in [1.54, 1.807) is 0 Å². The molecule has 18 aromatic rings. The van der Waals surface area contributed by atoms with Crippen LogP contribution in [0.15, 0.2) is 453 Å². The Hall–Kier alpha value is -14.3. The number of halogens is 1. The third kappa shape index (κ3) is 18.7. The lowest BCUT2D eigenvalue weighted by Crippen LogP contribution is -2.61. The molecule has 0 atom stereocenters. The van der Waals surface area contributed by atoms with Crippen LogP contribution >= 0.6 is 15.9 Å². The first-order chi connectivity index (χ1) is 67.2. The van der Waals surface area contributed by atoms with Crippen LogP contribution in [0.4, 0.5) is 68.2 Å². The number of rotatable bonds is 24. The fraction of sp³-hybridized carbons (Fsp3) is 0.206. The largest absolute Gasteiger partial charge is 0.311 e. The van der Waals surface area contributed by atoms with Crippen LogP contribution in [0.2, 0.25) is 0 Å². The maximum absolute atomic E-state index is 4.33. The summed E-state index contributed by atoms with van der Waals surface area (Å²) in [6, 6.07) is 167. The molecule has 710 valence electrons. The molecule has 20 rings (SSSR count). The number of aryl methyl sites for hydroxylation is 2. The Balaban J connectivity index is 0.000000193. The van der Waals surface area contributed by atoms with E-state index in [4.69, 9.17) is 0 Å². The molecule has 6 heteroatoms. The van der Waals surface area contributed by atoms with Crippen molar-refractivity contribution in [1.82, 2.24) is 0 Å². The molecule has 0 aromatic heterocycles. The fourth-order valence-electron chi connectivity index (χ4n) is 21.7. The number of benzene rings is 18. The minimum absolute atomic E-state index is 0. The van der Waals surface area contributed by atoms with Gasteiger partial charge in [0.15, 0.2) is 0 Å². The molecule has 0 saturated carbocycles. The van der Waals surface area contributed by atoms with Gasteiger partial charge in [0.1, 0.15) is 0 Å². The van der Waals surface area contributed by atoms with Gasteiger partial charge in [0.25, 0.3) is 6.71 Å². The standard InChI is InChI=1S/C67H63BN2.C67H65BrN2.2CH4/c1-46-42-61-63-62(43-46)70(56-38-32-52(33-39-56)65(4,5)48-24-16-11-17-25-48)60-41-35-54(67(8,9)50-28-20-13-21-29-50)45-58(60)68(63)57-44-53(66(6,7)49-26-18-12-19-27-49)34-40-59(57)69(61)55-36-30-51(31-37-55)64(2,3)47-22-14-10-15-23-47;1-48-46-61(69(57-38-30-53(31-39-57)64(2,3)49-22-14-10-15-23-49)58-40-32-54(33-41-58)65(4,5)50-24-16-11-17-25-50)63(68)62(47-48)70(59-42-34-55(35-43-59)66(6,7)51-26-18-12-19-27-51)60-44-36-56(37-45-60)67(8,9)52-28-20-13-21-29-52;;/h10-45H,1-9H3;10-47H,1-9H3;2*1H4. The maximum atomic E-state index is 4.33. The van der Waals surface area contributed by atoms with Gasteiger partial charge >= 0.3 is 0 Å². The molecule has 4 nitrogen and oxygen atoms in total. The predicted molar refractivity (Wildman–Crippen MR) is 615 cm³/mol. The Morgan fingerprint density at radius 1 is 0.197 bits per heavy atom. The van der Waals surface area contributed by atoms with Crippen molar-refractivity contribution in [1.29, 1.82) is 0 Å². The van der Waals surface area contributed by atoms with Gasteiger partial charge in [0, 0.05) is 100 Å². The third-order valence-electron chi connectivity index (χ3n) is 31.4. The van der Waals surface area contributed by atoms with Crippen molar-refractivity contribution in [2.75, 3.05) is 19.6 Å². The first-order valence-electron chi connectivity index (χ1n) is 49.7. The van der Waals surface area contributed by atoms with Crippen molar-refractivity contribution in [2.24, 2.45) is 0 Å². The third-order valence-corrected chi connectivity index (χ3v) is 32.2. The highest BCUT2D eigenvalue weighted by Gasteiger charge is 2.46. The van der Waals surface area contributed by atoms with Crippen molar-refractivity contribution in [2.45, 2.75) is 183 Å². The molecule has 18 aromatic carbocycles. The summed E-state index contributed by atoms with van der Waals surface area (Å²) in [6.07, 6.45) is 0. The molecule has 142 heavy (non-hydrogen) atoms. The van der Waals surface area contributed by atoms with E-state index in [9.17, 15) is 0 Å². The Kier molecular flexibility index (Phi) is 27.7. The molecule has 0 amide bonds. The van der Waals surface area contributed by atoms with Crippen LogP contribution in [0.3, 0.4) is 0 Å². The zero-order valence-corrected chi connectivity index (χ0v) is 86.1. The average Bonchev–Trinajstić information content (AvgIpc) is 0.690. The minimum Gasteiger partial charge on any atom is -0.311 e. The number of fused-ring (bicyclic) bond motifs is 4. The van der Waals surface area contributed by atoms with E-state index < -0.39 is 0 Å². The van der Waals surface area contributed by atoms with Crippen LogP contribution in [-0.4, -0.2) is 6.71 Å². The molecule has 2 aliphatic rings. The molecule has 0 spiro atoms. The van der Waals surface area contributed by atoms with E-state index in [1.165, 1.54) is 134 Å². The van der Waals surface area contributed by atoms with Crippen LogP contribution < -0.4 is 36.0 Å². The molecule has 0 radical (unpaired) electrons. The first-order valence-corrected chi connectivity index (χ1v) is 50.5. The molecule has 0 aliphatic carbocycles. The lowest BCUT2D eigenvalue weighted by molar-refractivity contribution is 0.640. The Labute approximate surface area is 856 Å². The zero-order chi connectivity index (χ0) is 97.8. The molecule has 2 aliphatic heterocycles. The minimum atomic E-state index is -0.238. The zero-order valence-electron chi connectivity index (χ0n) is 84.5. The maximum Gasteiger partial charge on any atom is 0.252 e. The lowest BCUT2D eigenvalue weighted by atomic mass is 9.33. The van der Waals surface area contributed by atoms with E-state index >= 15 is 0 Å². The summed E-state index contributed by atoms with van der Waals surface area (Å²) >= 11 is 4.33. The van der Waals surface area contributed by atoms with Crippen LogP contribution in [0.1, 0.15) is 226 Å². The van der Waals surface area contributed by atoms with E-state index in [-0.39, 0.29) is 64.9 Å². The number of hydrogen-bond acceptors (Lipinski definition) is 4. The van der Waals surface area contributed by atoms with Crippen molar-refractivity contribution < 1.29 is 0 Å². The molecular formula is C136H136BBrN4. The molecule has 0 unspecified atom stereocenters. The van der Waals surface area contributed by atoms with Crippen molar-refractivity contribution >= 4 is 107 Å². The number of hydrogen-bond donors (Lipinski definition) is 0. The molecule has 0 N–H and O–H groups in total. The van der Waals surface area contributed by atoms with Crippen LogP contribution in [0, 0.1) is 13.8 Å². The van der Waals surface area contributed by atoms with Gasteiger partial charge in [-0.15, -0.1) is 0 Å². The van der Waals surface area contributed by atoms with Crippen molar-refractivity contribution in [3.63, 3.8) is 0 Å². The highest BCUT2D eigenvalue weighted by atomic mass is 79.9. The second kappa shape index (κ2) is 39.7. The van der Waals surface area contributed by atoms with Crippen LogP contribution in [-0.2, 0) is 43.3 Å². The smallest absolute Gasteiger partial charge is 0.252 e. The summed E-state index contributed by atoms with van der Waals surface area (Å²) in [6.45, 7) is 41.8. The Bertz CT molecular complexity index is 6780. The fourth-order valence-corrected chi connectivity index (χ4v) is 22.3. The summed E-state index contributed by atoms with van der Waals surface area (Å²) in [5.74, 6) is 0. The van der Waals surface area contributed by atoms with Gasteiger partial charge < -0.3 is 19.6 Å². The topological polar surface area (TPSA) is 13.0 Å². The van der Waals surface area contributed by atoms with Gasteiger partial charge in [-0.25, -0.2) is 0 Å². The second-order valence-electron chi connectivity index (χ2n) is 42.9. The molecular weight excluding hydrogens is 1780 g/mol. The van der Waals surface area contributed by atoms with Gasteiger partial charge in [-0.3, -0.25) is 0 Å². The Morgan fingerprint density at radius 2 is 0.373 bits per heavy atom. The summed E-state index contributed by atoms with van der Waals surface area (Å²) in [5.41, 5.74) is 39.0. The van der Waals surface area contributed by atoms with E-state index in [2.05, 4.69) is 609 Å².